The quantitative estimate of drug-likeness (QED) is 0.787. The van der Waals surface area contributed by atoms with Gasteiger partial charge in [0.05, 0.1) is 18.4 Å². The number of aromatic nitrogens is 5. The van der Waals surface area contributed by atoms with E-state index in [1.807, 2.05) is 0 Å². The highest BCUT2D eigenvalue weighted by Crippen LogP contribution is 2.16. The van der Waals surface area contributed by atoms with Crippen molar-refractivity contribution in [3.05, 3.63) is 23.1 Å². The fourth-order valence-corrected chi connectivity index (χ4v) is 1.79. The van der Waals surface area contributed by atoms with Gasteiger partial charge in [-0.1, -0.05) is 5.21 Å². The molecule has 0 aliphatic carbocycles. The lowest BCUT2D eigenvalue weighted by atomic mass is 10.2. The standard InChI is InChI=1S/C11H13N7O2/c1-7-8(5-12)10(17(2)15-7)13-3-4-18-6-9(11(19)20)14-16-18/h6,13H,3-4H2,1-2H3,(H,19,20). The Kier molecular flexibility index (Phi) is 3.65. The van der Waals surface area contributed by atoms with E-state index in [1.165, 1.54) is 10.9 Å². The van der Waals surface area contributed by atoms with Crippen LogP contribution < -0.4 is 5.32 Å². The first-order valence-electron chi connectivity index (χ1n) is 5.84. The number of nitriles is 1. The summed E-state index contributed by atoms with van der Waals surface area (Å²) < 4.78 is 3.02. The molecule has 0 unspecified atom stereocenters. The van der Waals surface area contributed by atoms with Crippen LogP contribution in [0.15, 0.2) is 6.20 Å². The summed E-state index contributed by atoms with van der Waals surface area (Å²) in [4.78, 5) is 10.7. The van der Waals surface area contributed by atoms with E-state index in [-0.39, 0.29) is 5.69 Å². The van der Waals surface area contributed by atoms with E-state index < -0.39 is 5.97 Å². The Hall–Kier alpha value is -2.89. The summed E-state index contributed by atoms with van der Waals surface area (Å²) in [6, 6.07) is 2.09. The first-order chi connectivity index (χ1) is 9.52. The molecule has 0 saturated heterocycles. The third kappa shape index (κ3) is 2.59. The summed E-state index contributed by atoms with van der Waals surface area (Å²) in [6.45, 7) is 2.66. The second-order valence-electron chi connectivity index (χ2n) is 4.14. The molecule has 2 aromatic rings. The number of aryl methyl sites for hydroxylation is 2. The molecule has 0 saturated carbocycles. The SMILES string of the molecule is Cc1nn(C)c(NCCn2cc(C(=O)O)nn2)c1C#N. The van der Waals surface area contributed by atoms with Crippen molar-refractivity contribution in [1.82, 2.24) is 24.8 Å². The van der Waals surface area contributed by atoms with Gasteiger partial charge in [-0.15, -0.1) is 5.10 Å². The largest absolute Gasteiger partial charge is 0.476 e. The molecule has 2 rings (SSSR count). The van der Waals surface area contributed by atoms with E-state index >= 15 is 0 Å². The van der Waals surface area contributed by atoms with Crippen molar-refractivity contribution in [3.8, 4) is 6.07 Å². The van der Waals surface area contributed by atoms with Crippen LogP contribution in [0.2, 0.25) is 0 Å². The summed E-state index contributed by atoms with van der Waals surface area (Å²) in [5.41, 5.74) is 1.06. The number of aromatic carboxylic acids is 1. The van der Waals surface area contributed by atoms with Crippen molar-refractivity contribution < 1.29 is 9.90 Å². The van der Waals surface area contributed by atoms with Crippen molar-refractivity contribution in [1.29, 1.82) is 5.26 Å². The number of nitrogens with one attached hydrogen (secondary N) is 1. The van der Waals surface area contributed by atoms with Gasteiger partial charge in [-0.2, -0.15) is 10.4 Å². The number of hydrogen-bond donors (Lipinski definition) is 2. The Bertz CT molecular complexity index is 679. The van der Waals surface area contributed by atoms with Crippen molar-refractivity contribution in [2.45, 2.75) is 13.5 Å². The van der Waals surface area contributed by atoms with Gasteiger partial charge in [0, 0.05) is 13.6 Å². The molecule has 2 heterocycles. The maximum absolute atomic E-state index is 10.7. The zero-order valence-corrected chi connectivity index (χ0v) is 11.0. The van der Waals surface area contributed by atoms with Crippen molar-refractivity contribution >= 4 is 11.8 Å². The van der Waals surface area contributed by atoms with Gasteiger partial charge < -0.3 is 10.4 Å². The van der Waals surface area contributed by atoms with Crippen LogP contribution in [0.3, 0.4) is 0 Å². The predicted molar refractivity (Wildman–Crippen MR) is 68.1 cm³/mol. The van der Waals surface area contributed by atoms with Crippen LogP contribution in [0.1, 0.15) is 21.7 Å². The predicted octanol–water partition coefficient (Wildman–Crippen LogP) is 0.00200. The minimum Gasteiger partial charge on any atom is -0.476 e. The van der Waals surface area contributed by atoms with Gasteiger partial charge in [-0.25, -0.2) is 9.48 Å². The van der Waals surface area contributed by atoms with Gasteiger partial charge in [0.15, 0.2) is 5.69 Å². The lowest BCUT2D eigenvalue weighted by Crippen LogP contribution is -2.13. The van der Waals surface area contributed by atoms with Gasteiger partial charge in [-0.05, 0) is 6.92 Å². The van der Waals surface area contributed by atoms with Gasteiger partial charge in [0.25, 0.3) is 0 Å². The van der Waals surface area contributed by atoms with Gasteiger partial charge in [0.1, 0.15) is 17.5 Å². The molecule has 0 aliphatic heterocycles. The lowest BCUT2D eigenvalue weighted by Gasteiger charge is -2.06. The van der Waals surface area contributed by atoms with E-state index in [0.29, 0.717) is 30.2 Å². The molecule has 0 aliphatic rings. The number of anilines is 1. The third-order valence-corrected chi connectivity index (χ3v) is 2.73. The van der Waals surface area contributed by atoms with Crippen molar-refractivity contribution in [2.75, 3.05) is 11.9 Å². The van der Waals surface area contributed by atoms with Crippen LogP contribution in [0.4, 0.5) is 5.82 Å². The second kappa shape index (κ2) is 5.40. The van der Waals surface area contributed by atoms with Crippen molar-refractivity contribution in [2.24, 2.45) is 7.05 Å². The highest BCUT2D eigenvalue weighted by Gasteiger charge is 2.12. The number of carboxylic acids is 1. The molecule has 0 spiro atoms. The molecular formula is C11H13N7O2. The normalized spacial score (nSPS) is 10.2. The third-order valence-electron chi connectivity index (χ3n) is 2.73. The lowest BCUT2D eigenvalue weighted by molar-refractivity contribution is 0.0690. The molecule has 0 atom stereocenters. The van der Waals surface area contributed by atoms with E-state index in [0.717, 1.165) is 0 Å². The van der Waals surface area contributed by atoms with E-state index in [9.17, 15) is 4.79 Å². The topological polar surface area (TPSA) is 122 Å². The number of nitrogens with zero attached hydrogens (tertiary/aromatic N) is 6. The first kappa shape index (κ1) is 13.5. The van der Waals surface area contributed by atoms with Gasteiger partial charge in [-0.3, -0.25) is 4.68 Å². The summed E-state index contributed by atoms with van der Waals surface area (Å²) in [5, 5.41) is 32.2. The Labute approximate surface area is 114 Å². The molecule has 9 heteroatoms. The average Bonchev–Trinajstić information content (AvgIpc) is 2.95. The van der Waals surface area contributed by atoms with E-state index in [4.69, 9.17) is 10.4 Å². The minimum absolute atomic E-state index is 0.0981. The first-order valence-corrected chi connectivity index (χ1v) is 5.84. The Balaban J connectivity index is 1.99. The number of hydrogen-bond acceptors (Lipinski definition) is 6. The molecule has 0 fully saturated rings. The average molecular weight is 275 g/mol. The molecule has 2 aromatic heterocycles. The Morgan fingerprint density at radius 2 is 2.35 bits per heavy atom. The highest BCUT2D eigenvalue weighted by atomic mass is 16.4. The molecule has 0 amide bonds. The van der Waals surface area contributed by atoms with Crippen LogP contribution in [-0.2, 0) is 13.6 Å². The molecule has 0 radical (unpaired) electrons. The summed E-state index contributed by atoms with van der Waals surface area (Å²) >= 11 is 0. The van der Waals surface area contributed by atoms with Gasteiger partial charge >= 0.3 is 5.97 Å². The van der Waals surface area contributed by atoms with Crippen LogP contribution in [0.25, 0.3) is 0 Å². The minimum atomic E-state index is -1.11. The van der Waals surface area contributed by atoms with E-state index in [2.05, 4.69) is 26.8 Å². The number of carboxylic acid groups (broad SMARTS) is 1. The van der Waals surface area contributed by atoms with Crippen LogP contribution >= 0.6 is 0 Å². The smallest absolute Gasteiger partial charge is 0.358 e. The zero-order chi connectivity index (χ0) is 14.7. The molecule has 9 nitrogen and oxygen atoms in total. The number of rotatable bonds is 5. The zero-order valence-electron chi connectivity index (χ0n) is 11.0. The highest BCUT2D eigenvalue weighted by molar-refractivity contribution is 5.84. The molecular weight excluding hydrogens is 262 g/mol. The summed E-state index contributed by atoms with van der Waals surface area (Å²) in [7, 11) is 1.74. The summed E-state index contributed by atoms with van der Waals surface area (Å²) in [5.74, 6) is -0.484. The fourth-order valence-electron chi connectivity index (χ4n) is 1.79. The Morgan fingerprint density at radius 3 is 2.95 bits per heavy atom. The van der Waals surface area contributed by atoms with Crippen LogP contribution in [-0.4, -0.2) is 42.4 Å². The van der Waals surface area contributed by atoms with E-state index in [1.54, 1.807) is 18.7 Å². The molecule has 0 aromatic carbocycles. The molecule has 20 heavy (non-hydrogen) atoms. The maximum Gasteiger partial charge on any atom is 0.358 e. The molecule has 0 bridgehead atoms. The molecule has 2 N–H and O–H groups in total. The summed E-state index contributed by atoms with van der Waals surface area (Å²) in [6.07, 6.45) is 1.35. The maximum atomic E-state index is 10.7. The van der Waals surface area contributed by atoms with Crippen LogP contribution in [0, 0.1) is 18.3 Å². The monoisotopic (exact) mass is 275 g/mol. The second-order valence-corrected chi connectivity index (χ2v) is 4.14. The Morgan fingerprint density at radius 1 is 1.60 bits per heavy atom. The van der Waals surface area contributed by atoms with Crippen LogP contribution in [0.5, 0.6) is 0 Å². The van der Waals surface area contributed by atoms with Gasteiger partial charge in [0.2, 0.25) is 0 Å². The number of carbonyl (C=O) groups is 1. The fraction of sp³-hybridized carbons (Fsp3) is 0.364. The van der Waals surface area contributed by atoms with Crippen molar-refractivity contribution in [3.63, 3.8) is 0 Å². The molecule has 104 valence electrons.